The summed E-state index contributed by atoms with van der Waals surface area (Å²) in [6.45, 7) is 6.26. The fourth-order valence-corrected chi connectivity index (χ4v) is 2.89. The summed E-state index contributed by atoms with van der Waals surface area (Å²) in [5.41, 5.74) is -0.0399. The Balaban J connectivity index is 1.93. The molecule has 1 aromatic rings. The van der Waals surface area contributed by atoms with E-state index in [2.05, 4.69) is 5.32 Å². The van der Waals surface area contributed by atoms with Crippen molar-refractivity contribution in [1.29, 1.82) is 0 Å². The van der Waals surface area contributed by atoms with Gasteiger partial charge in [0.05, 0.1) is 22.1 Å². The molecule has 1 fully saturated rings. The number of hydrogen-bond donors (Lipinski definition) is 1. The molecule has 1 aliphatic rings. The molecular weight excluding hydrogens is 360 g/mol. The van der Waals surface area contributed by atoms with Crippen molar-refractivity contribution in [2.75, 3.05) is 32.7 Å². The van der Waals surface area contributed by atoms with E-state index in [4.69, 9.17) is 11.6 Å². The van der Waals surface area contributed by atoms with Crippen LogP contribution in [0.1, 0.15) is 30.6 Å². The van der Waals surface area contributed by atoms with Crippen molar-refractivity contribution < 1.29 is 14.5 Å². The van der Waals surface area contributed by atoms with Gasteiger partial charge in [-0.05, 0) is 19.4 Å². The maximum Gasteiger partial charge on any atom is 0.270 e. The molecule has 1 atom stereocenters. The molecule has 0 bridgehead atoms. The van der Waals surface area contributed by atoms with Crippen LogP contribution in [0.4, 0.5) is 5.69 Å². The highest BCUT2D eigenvalue weighted by Crippen LogP contribution is 2.23. The minimum atomic E-state index is -0.555. The molecule has 0 radical (unpaired) electrons. The first kappa shape index (κ1) is 20.1. The average molecular weight is 383 g/mol. The molecule has 1 N–H and O–H groups in total. The minimum Gasteiger partial charge on any atom is -0.353 e. The van der Waals surface area contributed by atoms with E-state index in [9.17, 15) is 19.7 Å². The van der Waals surface area contributed by atoms with Gasteiger partial charge in [0, 0.05) is 44.4 Å². The van der Waals surface area contributed by atoms with Gasteiger partial charge in [0.2, 0.25) is 5.91 Å². The molecule has 1 aromatic carbocycles. The van der Waals surface area contributed by atoms with Gasteiger partial charge in [-0.2, -0.15) is 0 Å². The molecule has 26 heavy (non-hydrogen) atoms. The Bertz CT molecular complexity index is 689. The topological polar surface area (TPSA) is 95.8 Å². The molecular formula is C17H23ClN4O4. The number of amides is 2. The molecule has 0 saturated carbocycles. The summed E-state index contributed by atoms with van der Waals surface area (Å²) in [5, 5.41) is 14.0. The van der Waals surface area contributed by atoms with Gasteiger partial charge >= 0.3 is 0 Å². The van der Waals surface area contributed by atoms with Crippen molar-refractivity contribution in [2.24, 2.45) is 0 Å². The monoisotopic (exact) mass is 382 g/mol. The summed E-state index contributed by atoms with van der Waals surface area (Å²) in [5.74, 6) is -0.358. The highest BCUT2D eigenvalue weighted by atomic mass is 35.5. The van der Waals surface area contributed by atoms with E-state index in [0.29, 0.717) is 32.7 Å². The summed E-state index contributed by atoms with van der Waals surface area (Å²) in [7, 11) is 0. The molecule has 9 heteroatoms. The SMILES string of the molecule is CCC(C)NC(=O)CN1CCN(C(=O)c2cc([N+](=O)[O-])ccc2Cl)CC1. The number of halogens is 1. The van der Waals surface area contributed by atoms with Crippen molar-refractivity contribution in [2.45, 2.75) is 26.3 Å². The zero-order chi connectivity index (χ0) is 19.3. The molecule has 0 aliphatic carbocycles. The predicted molar refractivity (Wildman–Crippen MR) is 98.3 cm³/mol. The Morgan fingerprint density at radius 3 is 2.54 bits per heavy atom. The van der Waals surface area contributed by atoms with E-state index in [-0.39, 0.29) is 34.1 Å². The lowest BCUT2D eigenvalue weighted by Crippen LogP contribution is -2.51. The van der Waals surface area contributed by atoms with E-state index < -0.39 is 4.92 Å². The fourth-order valence-electron chi connectivity index (χ4n) is 2.70. The number of hydrogen-bond acceptors (Lipinski definition) is 5. The number of nitrogens with zero attached hydrogens (tertiary/aromatic N) is 3. The van der Waals surface area contributed by atoms with Crippen molar-refractivity contribution >= 4 is 29.1 Å². The van der Waals surface area contributed by atoms with Crippen LogP contribution in [0.25, 0.3) is 0 Å². The number of non-ortho nitro benzene ring substituents is 1. The van der Waals surface area contributed by atoms with Gasteiger partial charge in [-0.1, -0.05) is 18.5 Å². The molecule has 1 saturated heterocycles. The van der Waals surface area contributed by atoms with Crippen molar-refractivity contribution in [1.82, 2.24) is 15.1 Å². The molecule has 0 spiro atoms. The number of carbonyl (C=O) groups is 2. The second kappa shape index (κ2) is 8.95. The maximum atomic E-state index is 12.6. The number of piperazine rings is 1. The van der Waals surface area contributed by atoms with Gasteiger partial charge in [-0.3, -0.25) is 24.6 Å². The van der Waals surface area contributed by atoms with Crippen molar-refractivity contribution in [3.8, 4) is 0 Å². The highest BCUT2D eigenvalue weighted by molar-refractivity contribution is 6.33. The number of nitrogens with one attached hydrogen (secondary N) is 1. The van der Waals surface area contributed by atoms with Crippen LogP contribution in [0.5, 0.6) is 0 Å². The van der Waals surface area contributed by atoms with E-state index in [1.54, 1.807) is 4.90 Å². The predicted octanol–water partition coefficient (Wildman–Crippen LogP) is 1.92. The zero-order valence-corrected chi connectivity index (χ0v) is 15.7. The number of carbonyl (C=O) groups excluding carboxylic acids is 2. The lowest BCUT2D eigenvalue weighted by atomic mass is 10.1. The molecule has 142 valence electrons. The normalized spacial score (nSPS) is 16.2. The summed E-state index contributed by atoms with van der Waals surface area (Å²) in [6, 6.07) is 3.98. The Kier molecular flexibility index (Phi) is 6.93. The summed E-state index contributed by atoms with van der Waals surface area (Å²) >= 11 is 6.04. The van der Waals surface area contributed by atoms with Gasteiger partial charge in [0.15, 0.2) is 0 Å². The first-order chi connectivity index (χ1) is 12.3. The lowest BCUT2D eigenvalue weighted by Gasteiger charge is -2.34. The number of benzene rings is 1. The van der Waals surface area contributed by atoms with Crippen LogP contribution < -0.4 is 5.32 Å². The van der Waals surface area contributed by atoms with Gasteiger partial charge in [-0.25, -0.2) is 0 Å². The third-order valence-electron chi connectivity index (χ3n) is 4.44. The Morgan fingerprint density at radius 1 is 1.31 bits per heavy atom. The van der Waals surface area contributed by atoms with Gasteiger partial charge < -0.3 is 10.2 Å². The van der Waals surface area contributed by atoms with Crippen LogP contribution in [0.15, 0.2) is 18.2 Å². The summed E-state index contributed by atoms with van der Waals surface area (Å²) < 4.78 is 0. The van der Waals surface area contributed by atoms with Crippen molar-refractivity contribution in [3.63, 3.8) is 0 Å². The number of nitro groups is 1. The lowest BCUT2D eigenvalue weighted by molar-refractivity contribution is -0.384. The quantitative estimate of drug-likeness (QED) is 0.599. The highest BCUT2D eigenvalue weighted by Gasteiger charge is 2.26. The van der Waals surface area contributed by atoms with Crippen molar-refractivity contribution in [3.05, 3.63) is 38.9 Å². The third kappa shape index (κ3) is 5.15. The standard InChI is InChI=1S/C17H23ClN4O4/c1-3-12(2)19-16(23)11-20-6-8-21(9-7-20)17(24)14-10-13(22(25)26)4-5-15(14)18/h4-5,10,12H,3,6-9,11H2,1-2H3,(H,19,23). The molecule has 1 heterocycles. The molecule has 1 aliphatic heterocycles. The smallest absolute Gasteiger partial charge is 0.270 e. The van der Waals surface area contributed by atoms with Crippen LogP contribution in [-0.2, 0) is 4.79 Å². The van der Waals surface area contributed by atoms with Crippen LogP contribution >= 0.6 is 11.6 Å². The average Bonchev–Trinajstić information content (AvgIpc) is 2.61. The second-order valence-corrected chi connectivity index (χ2v) is 6.77. The molecule has 8 nitrogen and oxygen atoms in total. The van der Waals surface area contributed by atoms with Crippen LogP contribution in [-0.4, -0.2) is 65.3 Å². The summed E-state index contributed by atoms with van der Waals surface area (Å²) in [6.07, 6.45) is 0.873. The molecule has 0 aromatic heterocycles. The first-order valence-corrected chi connectivity index (χ1v) is 8.94. The second-order valence-electron chi connectivity index (χ2n) is 6.37. The Labute approximate surface area is 157 Å². The zero-order valence-electron chi connectivity index (χ0n) is 14.9. The minimum absolute atomic E-state index is 0.0270. The van der Waals surface area contributed by atoms with Gasteiger partial charge in [-0.15, -0.1) is 0 Å². The number of nitro benzene ring substituents is 1. The maximum absolute atomic E-state index is 12.6. The number of rotatable bonds is 6. The van der Waals surface area contributed by atoms with E-state index in [1.165, 1.54) is 18.2 Å². The summed E-state index contributed by atoms with van der Waals surface area (Å²) in [4.78, 5) is 38.5. The molecule has 1 unspecified atom stereocenters. The van der Waals surface area contributed by atoms with E-state index >= 15 is 0 Å². The van der Waals surface area contributed by atoms with Gasteiger partial charge in [0.25, 0.3) is 11.6 Å². The van der Waals surface area contributed by atoms with E-state index in [0.717, 1.165) is 6.42 Å². The third-order valence-corrected chi connectivity index (χ3v) is 4.77. The molecule has 2 rings (SSSR count). The first-order valence-electron chi connectivity index (χ1n) is 8.56. The Hall–Kier alpha value is -2.19. The fraction of sp³-hybridized carbons (Fsp3) is 0.529. The largest absolute Gasteiger partial charge is 0.353 e. The molecule has 2 amide bonds. The van der Waals surface area contributed by atoms with Crippen LogP contribution in [0.3, 0.4) is 0 Å². The van der Waals surface area contributed by atoms with E-state index in [1.807, 2.05) is 18.7 Å². The van der Waals surface area contributed by atoms with Crippen LogP contribution in [0.2, 0.25) is 5.02 Å². The Morgan fingerprint density at radius 2 is 1.96 bits per heavy atom. The van der Waals surface area contributed by atoms with Gasteiger partial charge in [0.1, 0.15) is 0 Å². The van der Waals surface area contributed by atoms with Crippen LogP contribution in [0, 0.1) is 10.1 Å².